The van der Waals surface area contributed by atoms with E-state index < -0.39 is 23.2 Å². The zero-order valence-corrected chi connectivity index (χ0v) is 22.8. The van der Waals surface area contributed by atoms with Gasteiger partial charge in [0.2, 0.25) is 5.88 Å². The van der Waals surface area contributed by atoms with Crippen molar-refractivity contribution in [1.29, 1.82) is 0 Å². The van der Waals surface area contributed by atoms with Gasteiger partial charge in [-0.05, 0) is 36.3 Å². The van der Waals surface area contributed by atoms with Crippen molar-refractivity contribution in [1.82, 2.24) is 9.88 Å². The van der Waals surface area contributed by atoms with E-state index in [2.05, 4.69) is 39.7 Å². The third kappa shape index (κ3) is 3.59. The largest absolute Gasteiger partial charge is 0.481 e. The highest BCUT2D eigenvalue weighted by Gasteiger charge is 2.77. The number of halogens is 2. The van der Waals surface area contributed by atoms with Crippen molar-refractivity contribution in [2.24, 2.45) is 5.92 Å². The van der Waals surface area contributed by atoms with Crippen molar-refractivity contribution in [2.75, 3.05) is 26.7 Å². The first-order valence-electron chi connectivity index (χ1n) is 12.2. The highest BCUT2D eigenvalue weighted by Crippen LogP contribution is 2.69. The van der Waals surface area contributed by atoms with E-state index in [0.29, 0.717) is 17.9 Å². The molecule has 8 heteroatoms. The molecule has 2 heterocycles. The molecule has 0 spiro atoms. The summed E-state index contributed by atoms with van der Waals surface area (Å²) in [4.78, 5) is 6.60. The summed E-state index contributed by atoms with van der Waals surface area (Å²) in [5.74, 6) is -0.238. The first-order chi connectivity index (χ1) is 17.3. The highest BCUT2D eigenvalue weighted by molar-refractivity contribution is 9.10. The second-order valence-corrected chi connectivity index (χ2v) is 10.7. The van der Waals surface area contributed by atoms with Crippen LogP contribution in [0.4, 0.5) is 0 Å². The summed E-state index contributed by atoms with van der Waals surface area (Å²) in [6.07, 6.45) is -1.18. The van der Waals surface area contributed by atoms with Gasteiger partial charge < -0.3 is 24.6 Å². The maximum absolute atomic E-state index is 12.8. The summed E-state index contributed by atoms with van der Waals surface area (Å²) >= 11 is 9.85. The first kappa shape index (κ1) is 25.5. The number of ether oxygens (including phenoxy) is 2. The quantitative estimate of drug-likeness (QED) is 0.383. The third-order valence-electron chi connectivity index (χ3n) is 7.83. The van der Waals surface area contributed by atoms with Crippen molar-refractivity contribution < 1.29 is 19.7 Å². The lowest BCUT2D eigenvalue weighted by Gasteiger charge is -2.41. The lowest BCUT2D eigenvalue weighted by Crippen LogP contribution is -2.52. The van der Waals surface area contributed by atoms with Crippen LogP contribution < -0.4 is 9.47 Å². The van der Waals surface area contributed by atoms with Crippen molar-refractivity contribution in [2.45, 2.75) is 37.1 Å². The number of fused-ring (bicyclic) bond motifs is 3. The summed E-state index contributed by atoms with van der Waals surface area (Å²) < 4.78 is 13.3. The van der Waals surface area contributed by atoms with Gasteiger partial charge in [-0.2, -0.15) is 0 Å². The van der Waals surface area contributed by atoms with Gasteiger partial charge in [0.1, 0.15) is 10.9 Å². The molecule has 1 aliphatic carbocycles. The molecule has 2 aliphatic rings. The summed E-state index contributed by atoms with van der Waals surface area (Å²) in [5.41, 5.74) is -1.16. The van der Waals surface area contributed by atoms with Gasteiger partial charge >= 0.3 is 0 Å². The van der Waals surface area contributed by atoms with E-state index >= 15 is 0 Å². The number of aliphatic hydroxyl groups excluding tert-OH is 1. The Hall–Kier alpha value is -2.16. The minimum Gasteiger partial charge on any atom is -0.481 e. The van der Waals surface area contributed by atoms with Crippen LogP contribution in [0.5, 0.6) is 11.6 Å². The summed E-state index contributed by atoms with van der Waals surface area (Å²) in [7, 11) is 1.48. The van der Waals surface area contributed by atoms with Gasteiger partial charge in [-0.1, -0.05) is 83.8 Å². The Morgan fingerprint density at radius 3 is 2.39 bits per heavy atom. The average molecular weight is 574 g/mol. The van der Waals surface area contributed by atoms with E-state index in [9.17, 15) is 10.2 Å². The topological polar surface area (TPSA) is 75.1 Å². The molecular formula is C28H30BrClN2O4. The lowest BCUT2D eigenvalue weighted by atomic mass is 9.71. The number of pyridine rings is 1. The van der Waals surface area contributed by atoms with Crippen LogP contribution in [0.2, 0.25) is 5.15 Å². The van der Waals surface area contributed by atoms with Crippen LogP contribution in [0.15, 0.2) is 65.1 Å². The molecule has 0 bridgehead atoms. The number of aromatic nitrogens is 1. The Labute approximate surface area is 225 Å². The molecule has 1 fully saturated rings. The van der Waals surface area contributed by atoms with Gasteiger partial charge in [-0.3, -0.25) is 0 Å². The second-order valence-electron chi connectivity index (χ2n) is 9.42. The lowest BCUT2D eigenvalue weighted by molar-refractivity contribution is -0.152. The van der Waals surface area contributed by atoms with Gasteiger partial charge in [0.15, 0.2) is 11.2 Å². The van der Waals surface area contributed by atoms with E-state index in [1.165, 1.54) is 7.11 Å². The van der Waals surface area contributed by atoms with Crippen LogP contribution in [0.1, 0.15) is 36.5 Å². The molecule has 1 saturated carbocycles. The van der Waals surface area contributed by atoms with Crippen LogP contribution in [-0.2, 0) is 11.2 Å². The molecule has 3 aromatic rings. The number of methoxy groups -OCH3 is 1. The van der Waals surface area contributed by atoms with Crippen LogP contribution in [0, 0.1) is 5.92 Å². The molecule has 0 saturated heterocycles. The molecule has 2 aromatic carbocycles. The fourth-order valence-electron chi connectivity index (χ4n) is 6.23. The standard InChI is InChI=1S/C28H30BrClN2O4/c1-4-32(5-2)16-20-23(17-9-7-6-8-10-17)28(18-11-13-19(29)14-12-18)27(34,25(20)33)24-21(36-28)15-22(30)31-26(24)35-3/h6-15,20,23,25,33-34H,4-5,16H2,1-3H3/t20-,23-,25-,27+,28+/m1/s1. The summed E-state index contributed by atoms with van der Waals surface area (Å²) in [5, 5.41) is 25.1. The van der Waals surface area contributed by atoms with E-state index in [1.54, 1.807) is 6.07 Å². The molecule has 5 rings (SSSR count). The molecule has 2 N–H and O–H groups in total. The number of benzene rings is 2. The van der Waals surface area contributed by atoms with Crippen LogP contribution >= 0.6 is 27.5 Å². The minimum absolute atomic E-state index is 0.147. The SMILES string of the molecule is CCN(CC)C[C@H]1[C@@H](O)[C@@]2(O)c3c(cc(Cl)nc3OC)O[C@@]2(c2ccc(Br)cc2)[C@@H]1c1ccccc1. The normalized spacial score (nSPS) is 28.6. The molecule has 1 aromatic heterocycles. The van der Waals surface area contributed by atoms with Crippen LogP contribution in [-0.4, -0.2) is 52.9 Å². The van der Waals surface area contributed by atoms with Crippen LogP contribution in [0.25, 0.3) is 0 Å². The third-order valence-corrected chi connectivity index (χ3v) is 8.55. The van der Waals surface area contributed by atoms with Crippen molar-refractivity contribution in [3.8, 4) is 11.6 Å². The summed E-state index contributed by atoms with van der Waals surface area (Å²) in [6.45, 7) is 6.42. The first-order valence-corrected chi connectivity index (χ1v) is 13.4. The molecule has 0 radical (unpaired) electrons. The smallest absolute Gasteiger partial charge is 0.224 e. The Kier molecular flexibility index (Phi) is 6.81. The number of hydrogen-bond donors (Lipinski definition) is 2. The van der Waals surface area contributed by atoms with Gasteiger partial charge in [-0.15, -0.1) is 0 Å². The molecule has 0 unspecified atom stereocenters. The van der Waals surface area contributed by atoms with Gasteiger partial charge in [-0.25, -0.2) is 4.98 Å². The average Bonchev–Trinajstić information content (AvgIpc) is 3.25. The molecule has 36 heavy (non-hydrogen) atoms. The zero-order valence-electron chi connectivity index (χ0n) is 20.5. The maximum atomic E-state index is 12.8. The number of nitrogens with zero attached hydrogens (tertiary/aromatic N) is 2. The fourth-order valence-corrected chi connectivity index (χ4v) is 6.67. The zero-order chi connectivity index (χ0) is 25.7. The van der Waals surface area contributed by atoms with Crippen molar-refractivity contribution in [3.63, 3.8) is 0 Å². The molecular weight excluding hydrogens is 544 g/mol. The van der Waals surface area contributed by atoms with Gasteiger partial charge in [0.05, 0.1) is 18.8 Å². The van der Waals surface area contributed by atoms with Crippen molar-refractivity contribution in [3.05, 3.63) is 87.0 Å². The van der Waals surface area contributed by atoms with E-state index in [-0.39, 0.29) is 17.0 Å². The number of rotatable bonds is 7. The minimum atomic E-state index is -1.85. The molecule has 6 nitrogen and oxygen atoms in total. The Morgan fingerprint density at radius 2 is 1.78 bits per heavy atom. The summed E-state index contributed by atoms with van der Waals surface area (Å²) in [6, 6.07) is 19.3. The Bertz CT molecular complexity index is 1240. The second kappa shape index (κ2) is 9.62. The molecule has 1 aliphatic heterocycles. The highest BCUT2D eigenvalue weighted by atomic mass is 79.9. The van der Waals surface area contributed by atoms with Crippen LogP contribution in [0.3, 0.4) is 0 Å². The van der Waals surface area contributed by atoms with Gasteiger partial charge in [0, 0.05) is 28.9 Å². The maximum Gasteiger partial charge on any atom is 0.224 e. The van der Waals surface area contributed by atoms with E-state index in [4.69, 9.17) is 21.1 Å². The predicted molar refractivity (Wildman–Crippen MR) is 143 cm³/mol. The fraction of sp³-hybridized carbons (Fsp3) is 0.393. The number of aliphatic hydroxyl groups is 2. The van der Waals surface area contributed by atoms with E-state index in [1.807, 2.05) is 54.6 Å². The predicted octanol–water partition coefficient (Wildman–Crippen LogP) is 5.10. The van der Waals surface area contributed by atoms with Gasteiger partial charge in [0.25, 0.3) is 0 Å². The molecule has 5 atom stereocenters. The number of hydrogen-bond acceptors (Lipinski definition) is 6. The Balaban J connectivity index is 1.84. The van der Waals surface area contributed by atoms with E-state index in [0.717, 1.165) is 28.7 Å². The monoisotopic (exact) mass is 572 g/mol. The Morgan fingerprint density at radius 1 is 1.11 bits per heavy atom. The van der Waals surface area contributed by atoms with Crippen molar-refractivity contribution >= 4 is 27.5 Å². The molecule has 0 amide bonds. The molecule has 190 valence electrons.